The molecule has 1 unspecified atom stereocenters. The van der Waals surface area contributed by atoms with Crippen LogP contribution < -0.4 is 0 Å². The highest BCUT2D eigenvalue weighted by Crippen LogP contribution is 2.32. The lowest BCUT2D eigenvalue weighted by molar-refractivity contribution is -0.160. The summed E-state index contributed by atoms with van der Waals surface area (Å²) in [4.78, 5) is 26.0. The molecule has 0 radical (unpaired) electrons. The normalized spacial score (nSPS) is 17.2. The molecule has 1 fully saturated rings. The van der Waals surface area contributed by atoms with Gasteiger partial charge in [-0.3, -0.25) is 9.59 Å². The Morgan fingerprint density at radius 3 is 2.28 bits per heavy atom. The van der Waals surface area contributed by atoms with Crippen molar-refractivity contribution in [3.8, 4) is 0 Å². The maximum atomic E-state index is 12.4. The number of ether oxygens (including phenoxy) is 1. The Bertz CT molecular complexity index is 315. The van der Waals surface area contributed by atoms with Gasteiger partial charge < -0.3 is 9.64 Å². The Kier molecular flexibility index (Phi) is 4.77. The molecule has 1 aliphatic rings. The molecule has 104 valence electrons. The van der Waals surface area contributed by atoms with Gasteiger partial charge in [0.25, 0.3) is 0 Å². The molecule has 0 spiro atoms. The summed E-state index contributed by atoms with van der Waals surface area (Å²) < 4.78 is 5.04. The molecule has 1 rings (SSSR count). The fourth-order valence-electron chi connectivity index (χ4n) is 2.05. The van der Waals surface area contributed by atoms with Gasteiger partial charge in [-0.15, -0.1) is 0 Å². The van der Waals surface area contributed by atoms with Gasteiger partial charge in [-0.2, -0.15) is 0 Å². The van der Waals surface area contributed by atoms with Crippen LogP contribution in [0.5, 0.6) is 0 Å². The van der Waals surface area contributed by atoms with Crippen molar-refractivity contribution in [2.75, 3.05) is 20.2 Å². The van der Waals surface area contributed by atoms with Crippen molar-refractivity contribution in [2.24, 2.45) is 17.3 Å². The molecule has 0 heterocycles. The summed E-state index contributed by atoms with van der Waals surface area (Å²) in [6, 6.07) is 0. The number of amides is 1. The maximum Gasteiger partial charge on any atom is 0.319 e. The van der Waals surface area contributed by atoms with Gasteiger partial charge in [0.2, 0.25) is 5.91 Å². The SMILES string of the molecule is CCOC(=O)C(C(=O)N(C)CC1CC1)C(C)(C)C. The van der Waals surface area contributed by atoms with Crippen LogP contribution in [0.3, 0.4) is 0 Å². The molecule has 0 aliphatic heterocycles. The lowest BCUT2D eigenvalue weighted by atomic mass is 9.79. The quantitative estimate of drug-likeness (QED) is 0.558. The molecule has 4 heteroatoms. The van der Waals surface area contributed by atoms with E-state index in [0.717, 1.165) is 6.54 Å². The zero-order valence-corrected chi connectivity index (χ0v) is 12.2. The molecule has 1 aliphatic carbocycles. The Morgan fingerprint density at radius 2 is 1.89 bits per heavy atom. The van der Waals surface area contributed by atoms with E-state index in [-0.39, 0.29) is 5.91 Å². The summed E-state index contributed by atoms with van der Waals surface area (Å²) in [5, 5.41) is 0. The van der Waals surface area contributed by atoms with E-state index in [2.05, 4.69) is 0 Å². The second-order valence-electron chi connectivity index (χ2n) is 6.21. The van der Waals surface area contributed by atoms with E-state index in [4.69, 9.17) is 4.74 Å². The first-order chi connectivity index (χ1) is 8.27. The number of hydrogen-bond donors (Lipinski definition) is 0. The largest absolute Gasteiger partial charge is 0.465 e. The van der Waals surface area contributed by atoms with Crippen LogP contribution in [0.4, 0.5) is 0 Å². The zero-order valence-electron chi connectivity index (χ0n) is 12.2. The van der Waals surface area contributed by atoms with Gasteiger partial charge in [0.05, 0.1) is 6.61 Å². The highest BCUT2D eigenvalue weighted by Gasteiger charge is 2.41. The molecule has 1 saturated carbocycles. The fraction of sp³-hybridized carbons (Fsp3) is 0.857. The number of carbonyl (C=O) groups excluding carboxylic acids is 2. The van der Waals surface area contributed by atoms with Crippen molar-refractivity contribution in [1.82, 2.24) is 4.90 Å². The van der Waals surface area contributed by atoms with Gasteiger partial charge >= 0.3 is 5.97 Å². The van der Waals surface area contributed by atoms with E-state index in [1.165, 1.54) is 12.8 Å². The number of esters is 1. The minimum Gasteiger partial charge on any atom is -0.465 e. The van der Waals surface area contributed by atoms with Crippen LogP contribution in [0.1, 0.15) is 40.5 Å². The van der Waals surface area contributed by atoms with E-state index in [0.29, 0.717) is 12.5 Å². The van der Waals surface area contributed by atoms with Crippen molar-refractivity contribution in [3.63, 3.8) is 0 Å². The molecule has 0 N–H and O–H groups in total. The second kappa shape index (κ2) is 5.72. The first kappa shape index (κ1) is 15.0. The monoisotopic (exact) mass is 255 g/mol. The minimum absolute atomic E-state index is 0.118. The van der Waals surface area contributed by atoms with Crippen LogP contribution in [0, 0.1) is 17.3 Å². The molecule has 18 heavy (non-hydrogen) atoms. The van der Waals surface area contributed by atoms with Crippen molar-refractivity contribution < 1.29 is 14.3 Å². The first-order valence-electron chi connectivity index (χ1n) is 6.69. The molecule has 0 saturated heterocycles. The molecular weight excluding hydrogens is 230 g/mol. The van der Waals surface area contributed by atoms with E-state index >= 15 is 0 Å². The van der Waals surface area contributed by atoms with Gasteiger partial charge in [0.15, 0.2) is 0 Å². The molecule has 0 bridgehead atoms. The molecule has 0 aromatic rings. The van der Waals surface area contributed by atoms with Crippen molar-refractivity contribution in [2.45, 2.75) is 40.5 Å². The van der Waals surface area contributed by atoms with Crippen LogP contribution >= 0.6 is 0 Å². The summed E-state index contributed by atoms with van der Waals surface area (Å²) in [7, 11) is 1.78. The Balaban J connectivity index is 2.74. The smallest absolute Gasteiger partial charge is 0.319 e. The molecule has 1 atom stereocenters. The summed E-state index contributed by atoms with van der Waals surface area (Å²) >= 11 is 0. The van der Waals surface area contributed by atoms with Gasteiger partial charge in [0, 0.05) is 13.6 Å². The summed E-state index contributed by atoms with van der Waals surface area (Å²) in [6.07, 6.45) is 2.38. The number of carbonyl (C=O) groups is 2. The summed E-state index contributed by atoms with van der Waals surface area (Å²) in [6.45, 7) is 8.53. The third kappa shape index (κ3) is 4.00. The van der Waals surface area contributed by atoms with Crippen LogP contribution in [0.2, 0.25) is 0 Å². The van der Waals surface area contributed by atoms with E-state index < -0.39 is 17.3 Å². The van der Waals surface area contributed by atoms with Crippen molar-refractivity contribution in [3.05, 3.63) is 0 Å². The van der Waals surface area contributed by atoms with Crippen LogP contribution in [-0.4, -0.2) is 37.0 Å². The van der Waals surface area contributed by atoms with Crippen LogP contribution in [0.25, 0.3) is 0 Å². The molecule has 4 nitrogen and oxygen atoms in total. The average Bonchev–Trinajstić information content (AvgIpc) is 2.99. The molecule has 0 aromatic carbocycles. The highest BCUT2D eigenvalue weighted by molar-refractivity contribution is 5.98. The maximum absolute atomic E-state index is 12.4. The predicted molar refractivity (Wildman–Crippen MR) is 69.9 cm³/mol. The first-order valence-corrected chi connectivity index (χ1v) is 6.69. The molecule has 1 amide bonds. The van der Waals surface area contributed by atoms with Crippen molar-refractivity contribution in [1.29, 1.82) is 0 Å². The second-order valence-corrected chi connectivity index (χ2v) is 6.21. The predicted octanol–water partition coefficient (Wildman–Crippen LogP) is 2.08. The van der Waals surface area contributed by atoms with E-state index in [1.54, 1.807) is 18.9 Å². The van der Waals surface area contributed by atoms with Crippen molar-refractivity contribution >= 4 is 11.9 Å². The van der Waals surface area contributed by atoms with Gasteiger partial charge in [0.1, 0.15) is 5.92 Å². The Morgan fingerprint density at radius 1 is 1.33 bits per heavy atom. The molecular formula is C14H25NO3. The molecule has 0 aromatic heterocycles. The summed E-state index contributed by atoms with van der Waals surface area (Å²) in [5.74, 6) is -0.603. The van der Waals surface area contributed by atoms with Crippen LogP contribution in [-0.2, 0) is 14.3 Å². The van der Waals surface area contributed by atoms with Crippen LogP contribution in [0.15, 0.2) is 0 Å². The lowest BCUT2D eigenvalue weighted by Gasteiger charge is -2.31. The van der Waals surface area contributed by atoms with Gasteiger partial charge in [-0.1, -0.05) is 20.8 Å². The van der Waals surface area contributed by atoms with Gasteiger partial charge in [-0.25, -0.2) is 0 Å². The van der Waals surface area contributed by atoms with Gasteiger partial charge in [-0.05, 0) is 31.1 Å². The zero-order chi connectivity index (χ0) is 13.9. The average molecular weight is 255 g/mol. The topological polar surface area (TPSA) is 46.6 Å². The summed E-state index contributed by atoms with van der Waals surface area (Å²) in [5.41, 5.74) is -0.416. The fourth-order valence-corrected chi connectivity index (χ4v) is 2.05. The third-order valence-electron chi connectivity index (χ3n) is 3.24. The third-order valence-corrected chi connectivity index (χ3v) is 3.24. The Labute approximate surface area is 110 Å². The van der Waals surface area contributed by atoms with E-state index in [9.17, 15) is 9.59 Å². The standard InChI is InChI=1S/C14H25NO3/c1-6-18-13(17)11(14(2,3)4)12(16)15(5)9-10-7-8-10/h10-11H,6-9H2,1-5H3. The van der Waals surface area contributed by atoms with E-state index in [1.807, 2.05) is 20.8 Å². The number of rotatable bonds is 5. The highest BCUT2D eigenvalue weighted by atomic mass is 16.5. The Hall–Kier alpha value is -1.06. The minimum atomic E-state index is -0.707. The number of hydrogen-bond acceptors (Lipinski definition) is 3. The lowest BCUT2D eigenvalue weighted by Crippen LogP contribution is -2.45. The number of nitrogens with zero attached hydrogens (tertiary/aromatic N) is 1.